The van der Waals surface area contributed by atoms with Crippen LogP contribution in [0.5, 0.6) is 0 Å². The van der Waals surface area contributed by atoms with Crippen LogP contribution in [-0.2, 0) is 9.59 Å². The molecule has 0 saturated carbocycles. The van der Waals surface area contributed by atoms with Gasteiger partial charge in [0.15, 0.2) is 0 Å². The molecule has 0 unspecified atom stereocenters. The molecule has 0 radical (unpaired) electrons. The molecule has 0 spiro atoms. The second kappa shape index (κ2) is 10.9. The summed E-state index contributed by atoms with van der Waals surface area (Å²) in [4.78, 5) is 19.3. The number of aliphatic carboxylic acids is 2. The number of unbranched alkanes of at least 4 members (excludes halogenated alkanes) is 1. The highest BCUT2D eigenvalue weighted by Crippen LogP contribution is 1.99. The van der Waals surface area contributed by atoms with E-state index in [1.54, 1.807) is 5.48 Å². The summed E-state index contributed by atoms with van der Waals surface area (Å²) in [6, 6.07) is -0.860. The molecule has 0 aromatic heterocycles. The zero-order valence-electron chi connectivity index (χ0n) is 8.64. The van der Waals surface area contributed by atoms with E-state index < -0.39 is 18.0 Å². The van der Waals surface area contributed by atoms with Crippen LogP contribution in [0.15, 0.2) is 0 Å². The predicted octanol–water partition coefficient (Wildman–Crippen LogP) is -0.362. The van der Waals surface area contributed by atoms with Gasteiger partial charge in [-0.15, -0.1) is 0 Å². The minimum atomic E-state index is -1.04. The molecule has 0 aliphatic heterocycles. The van der Waals surface area contributed by atoms with E-state index in [9.17, 15) is 4.79 Å². The SMILES string of the molecule is CC(=O)O.NCCCC[C@H](NO)C(=O)O. The van der Waals surface area contributed by atoms with Crippen LogP contribution < -0.4 is 11.2 Å². The summed E-state index contributed by atoms with van der Waals surface area (Å²) in [5, 5.41) is 24.2. The van der Waals surface area contributed by atoms with Gasteiger partial charge in [-0.1, -0.05) is 0 Å². The first-order valence-electron chi connectivity index (χ1n) is 4.47. The highest BCUT2D eigenvalue weighted by atomic mass is 16.5. The average molecular weight is 222 g/mol. The first-order chi connectivity index (χ1) is 6.95. The first-order valence-corrected chi connectivity index (χ1v) is 4.47. The molecule has 7 nitrogen and oxygen atoms in total. The summed E-state index contributed by atoms with van der Waals surface area (Å²) in [7, 11) is 0. The van der Waals surface area contributed by atoms with Crippen LogP contribution in [0.3, 0.4) is 0 Å². The third kappa shape index (κ3) is 15.6. The molecule has 0 rings (SSSR count). The topological polar surface area (TPSA) is 133 Å². The van der Waals surface area contributed by atoms with E-state index in [1.165, 1.54) is 0 Å². The van der Waals surface area contributed by atoms with Crippen molar-refractivity contribution in [1.82, 2.24) is 5.48 Å². The zero-order valence-corrected chi connectivity index (χ0v) is 8.64. The maximum absolute atomic E-state index is 10.3. The summed E-state index contributed by atoms with van der Waals surface area (Å²) in [5.74, 6) is -1.87. The van der Waals surface area contributed by atoms with Gasteiger partial charge in [-0.25, -0.2) is 0 Å². The molecule has 0 fully saturated rings. The van der Waals surface area contributed by atoms with Crippen molar-refractivity contribution in [1.29, 1.82) is 0 Å². The Balaban J connectivity index is 0. The fourth-order valence-electron chi connectivity index (χ4n) is 0.736. The lowest BCUT2D eigenvalue weighted by molar-refractivity contribution is -0.142. The van der Waals surface area contributed by atoms with Crippen LogP contribution in [0.2, 0.25) is 0 Å². The van der Waals surface area contributed by atoms with Gasteiger partial charge in [0.2, 0.25) is 0 Å². The van der Waals surface area contributed by atoms with Crippen LogP contribution in [0.4, 0.5) is 0 Å². The maximum atomic E-state index is 10.3. The van der Waals surface area contributed by atoms with Crippen LogP contribution in [0.1, 0.15) is 26.2 Å². The predicted molar refractivity (Wildman–Crippen MR) is 52.6 cm³/mol. The van der Waals surface area contributed by atoms with Crippen LogP contribution in [0.25, 0.3) is 0 Å². The molecule has 0 bridgehead atoms. The fraction of sp³-hybridized carbons (Fsp3) is 0.750. The molecule has 0 aromatic carbocycles. The first kappa shape index (κ1) is 16.3. The van der Waals surface area contributed by atoms with E-state index in [0.717, 1.165) is 13.3 Å². The van der Waals surface area contributed by atoms with Crippen molar-refractivity contribution in [3.05, 3.63) is 0 Å². The Hall–Kier alpha value is -1.18. The maximum Gasteiger partial charge on any atom is 0.323 e. The minimum absolute atomic E-state index is 0.406. The van der Waals surface area contributed by atoms with E-state index in [1.807, 2.05) is 0 Å². The summed E-state index contributed by atoms with van der Waals surface area (Å²) in [6.45, 7) is 1.64. The zero-order chi connectivity index (χ0) is 12.3. The Kier molecular flexibility index (Phi) is 11.8. The number of hydroxylamine groups is 1. The van der Waals surface area contributed by atoms with Gasteiger partial charge in [-0.3, -0.25) is 9.59 Å². The molecule has 0 heterocycles. The number of carboxylic acids is 2. The van der Waals surface area contributed by atoms with Gasteiger partial charge in [0.25, 0.3) is 5.97 Å². The van der Waals surface area contributed by atoms with Gasteiger partial charge >= 0.3 is 5.97 Å². The third-order valence-electron chi connectivity index (χ3n) is 1.40. The molecule has 6 N–H and O–H groups in total. The molecule has 15 heavy (non-hydrogen) atoms. The summed E-state index contributed by atoms with van der Waals surface area (Å²) >= 11 is 0. The summed E-state index contributed by atoms with van der Waals surface area (Å²) < 4.78 is 0. The number of carbonyl (C=O) groups is 2. The van der Waals surface area contributed by atoms with Gasteiger partial charge in [0, 0.05) is 6.92 Å². The van der Waals surface area contributed by atoms with E-state index >= 15 is 0 Å². The van der Waals surface area contributed by atoms with Gasteiger partial charge in [0.1, 0.15) is 6.04 Å². The second-order valence-corrected chi connectivity index (χ2v) is 2.82. The molecular weight excluding hydrogens is 204 g/mol. The van der Waals surface area contributed by atoms with Crippen molar-refractivity contribution in [2.75, 3.05) is 6.54 Å². The van der Waals surface area contributed by atoms with Gasteiger partial charge in [-0.2, -0.15) is 5.48 Å². The smallest absolute Gasteiger partial charge is 0.323 e. The molecule has 1 atom stereocenters. The molecule has 0 aliphatic carbocycles. The van der Waals surface area contributed by atoms with Gasteiger partial charge in [0.05, 0.1) is 0 Å². The number of rotatable bonds is 6. The fourth-order valence-corrected chi connectivity index (χ4v) is 0.736. The largest absolute Gasteiger partial charge is 0.481 e. The van der Waals surface area contributed by atoms with E-state index in [4.69, 9.17) is 25.9 Å². The van der Waals surface area contributed by atoms with E-state index in [-0.39, 0.29) is 0 Å². The Morgan fingerprint density at radius 2 is 1.80 bits per heavy atom. The van der Waals surface area contributed by atoms with Crippen molar-refractivity contribution in [2.24, 2.45) is 5.73 Å². The highest BCUT2D eigenvalue weighted by Gasteiger charge is 2.14. The minimum Gasteiger partial charge on any atom is -0.481 e. The standard InChI is InChI=1S/C6H14N2O3.C2H4O2/c7-4-2-1-3-5(8-11)6(9)10;1-2(3)4/h5,8,11H,1-4,7H2,(H,9,10);1H3,(H,3,4)/t5-;/m0./s1. The highest BCUT2D eigenvalue weighted by molar-refractivity contribution is 5.73. The lowest BCUT2D eigenvalue weighted by Gasteiger charge is -2.08. The number of hydrogen-bond donors (Lipinski definition) is 5. The number of nitrogens with two attached hydrogens (primary N) is 1. The Morgan fingerprint density at radius 1 is 1.33 bits per heavy atom. The Labute approximate surface area is 87.8 Å². The molecule has 0 saturated heterocycles. The van der Waals surface area contributed by atoms with Crippen molar-refractivity contribution in [3.8, 4) is 0 Å². The van der Waals surface area contributed by atoms with Gasteiger partial charge < -0.3 is 21.2 Å². The number of hydrogen-bond acceptors (Lipinski definition) is 5. The van der Waals surface area contributed by atoms with Crippen molar-refractivity contribution in [2.45, 2.75) is 32.2 Å². The average Bonchev–Trinajstić information content (AvgIpc) is 2.11. The summed E-state index contributed by atoms with van der Waals surface area (Å²) in [6.07, 6.45) is 1.90. The van der Waals surface area contributed by atoms with Crippen LogP contribution in [-0.4, -0.2) is 39.9 Å². The third-order valence-corrected chi connectivity index (χ3v) is 1.40. The van der Waals surface area contributed by atoms with Crippen LogP contribution >= 0.6 is 0 Å². The molecule has 0 aromatic rings. The molecule has 0 amide bonds. The van der Waals surface area contributed by atoms with Crippen molar-refractivity contribution >= 4 is 11.9 Å². The lowest BCUT2D eigenvalue weighted by atomic mass is 10.1. The lowest BCUT2D eigenvalue weighted by Crippen LogP contribution is -2.34. The monoisotopic (exact) mass is 222 g/mol. The van der Waals surface area contributed by atoms with Crippen LogP contribution in [0, 0.1) is 0 Å². The number of nitrogens with one attached hydrogen (secondary N) is 1. The Morgan fingerprint density at radius 3 is 2.07 bits per heavy atom. The summed E-state index contributed by atoms with van der Waals surface area (Å²) in [5.41, 5.74) is 6.92. The van der Waals surface area contributed by atoms with Crippen molar-refractivity contribution in [3.63, 3.8) is 0 Å². The molecule has 90 valence electrons. The van der Waals surface area contributed by atoms with Crippen molar-refractivity contribution < 1.29 is 25.0 Å². The van der Waals surface area contributed by atoms with Gasteiger partial charge in [-0.05, 0) is 25.8 Å². The molecular formula is C8H18N2O5. The number of carboxylic acid groups (broad SMARTS) is 2. The quantitative estimate of drug-likeness (QED) is 0.306. The molecule has 0 aliphatic rings. The van der Waals surface area contributed by atoms with E-state index in [0.29, 0.717) is 19.4 Å². The molecule has 7 heteroatoms. The second-order valence-electron chi connectivity index (χ2n) is 2.82. The van der Waals surface area contributed by atoms with E-state index in [2.05, 4.69) is 0 Å². The Bertz CT molecular complexity index is 182. The normalized spacial score (nSPS) is 11.1.